The number of benzene rings is 2. The molecule has 1 unspecified atom stereocenters. The molecule has 1 amide bonds. The van der Waals surface area contributed by atoms with Gasteiger partial charge in [0, 0.05) is 11.9 Å². The van der Waals surface area contributed by atoms with Crippen LogP contribution in [0.1, 0.15) is 30.0 Å². The molecule has 1 heterocycles. The fourth-order valence-electron chi connectivity index (χ4n) is 3.55. The molecule has 0 bridgehead atoms. The minimum absolute atomic E-state index is 0.0848. The summed E-state index contributed by atoms with van der Waals surface area (Å²) in [7, 11) is 2.01. The van der Waals surface area contributed by atoms with E-state index in [1.54, 1.807) is 0 Å². The van der Waals surface area contributed by atoms with Gasteiger partial charge in [-0.1, -0.05) is 54.6 Å². The zero-order valence-corrected chi connectivity index (χ0v) is 15.6. The Labute approximate surface area is 159 Å². The van der Waals surface area contributed by atoms with E-state index < -0.39 is 0 Å². The Kier molecular flexibility index (Phi) is 4.37. The molecule has 2 aliphatic rings. The first-order valence-electron chi connectivity index (χ1n) is 8.87. The molecule has 1 N–H and O–H groups in total. The van der Waals surface area contributed by atoms with E-state index in [1.165, 1.54) is 5.56 Å². The van der Waals surface area contributed by atoms with Crippen LogP contribution in [0.25, 0.3) is 0 Å². The van der Waals surface area contributed by atoms with Crippen LogP contribution in [-0.2, 0) is 10.2 Å². The lowest BCUT2D eigenvalue weighted by Crippen LogP contribution is -2.40. The fourth-order valence-corrected chi connectivity index (χ4v) is 3.70. The van der Waals surface area contributed by atoms with Gasteiger partial charge in [0.15, 0.2) is 0 Å². The average Bonchev–Trinajstić information content (AvgIpc) is 3.47. The number of likely N-dealkylation sites (N-methyl/N-ethyl adjacent to an activating group) is 1. The number of carbonyl (C=O) groups is 1. The molecule has 0 saturated heterocycles. The maximum atomic E-state index is 13.0. The maximum Gasteiger partial charge on any atom is 0.236 e. The lowest BCUT2D eigenvalue weighted by atomic mass is 9.95. The molecule has 1 aliphatic heterocycles. The second-order valence-corrected chi connectivity index (χ2v) is 7.50. The van der Waals surface area contributed by atoms with Crippen LogP contribution in [0.2, 0.25) is 0 Å². The molecule has 3 nitrogen and oxygen atoms in total. The molecular formula is C22H22N2OS. The van der Waals surface area contributed by atoms with Crippen molar-refractivity contribution in [2.75, 3.05) is 7.05 Å². The van der Waals surface area contributed by atoms with Gasteiger partial charge in [-0.2, -0.15) is 0 Å². The van der Waals surface area contributed by atoms with Gasteiger partial charge in [-0.3, -0.25) is 4.79 Å². The number of carbonyl (C=O) groups excluding carboxylic acids is 1. The molecule has 4 rings (SSSR count). The van der Waals surface area contributed by atoms with Crippen LogP contribution in [0, 0.1) is 0 Å². The van der Waals surface area contributed by atoms with Crippen molar-refractivity contribution >= 4 is 18.5 Å². The van der Waals surface area contributed by atoms with Gasteiger partial charge < -0.3 is 10.2 Å². The Hall–Kier alpha value is -2.46. The molecule has 0 aromatic heterocycles. The van der Waals surface area contributed by atoms with Crippen LogP contribution in [0.15, 0.2) is 83.5 Å². The van der Waals surface area contributed by atoms with E-state index in [4.69, 9.17) is 0 Å². The highest BCUT2D eigenvalue weighted by Gasteiger charge is 2.51. The molecule has 132 valence electrons. The minimum atomic E-state index is -0.368. The Balaban J connectivity index is 1.52. The maximum absolute atomic E-state index is 13.0. The number of amides is 1. The van der Waals surface area contributed by atoms with E-state index >= 15 is 0 Å². The zero-order valence-electron chi connectivity index (χ0n) is 14.7. The predicted molar refractivity (Wildman–Crippen MR) is 107 cm³/mol. The standard InChI is InChI=1S/C22H22N2OS/c1-24-19(16-10-12-18(26)13-11-16)8-5-9-20(24)23-21(25)22(14-15-22)17-6-3-2-4-7-17/h2-13,19,26H,14-15H2,1H3,(H,23,25). The molecule has 4 heteroatoms. The van der Waals surface area contributed by atoms with Crippen LogP contribution in [0.3, 0.4) is 0 Å². The van der Waals surface area contributed by atoms with Crippen LogP contribution in [-0.4, -0.2) is 17.9 Å². The third-order valence-electron chi connectivity index (χ3n) is 5.33. The Morgan fingerprint density at radius 3 is 2.46 bits per heavy atom. The highest BCUT2D eigenvalue weighted by molar-refractivity contribution is 7.80. The normalized spacial score (nSPS) is 20.5. The van der Waals surface area contributed by atoms with Crippen LogP contribution < -0.4 is 5.32 Å². The molecule has 26 heavy (non-hydrogen) atoms. The van der Waals surface area contributed by atoms with Gasteiger partial charge in [0.25, 0.3) is 0 Å². The number of thiol groups is 1. The molecule has 1 atom stereocenters. The first kappa shape index (κ1) is 17.0. The molecule has 0 spiro atoms. The molecule has 0 radical (unpaired) electrons. The van der Waals surface area contributed by atoms with Crippen molar-refractivity contribution in [1.29, 1.82) is 0 Å². The summed E-state index contributed by atoms with van der Waals surface area (Å²) >= 11 is 4.35. The fraction of sp³-hybridized carbons (Fsp3) is 0.227. The molecule has 2 aromatic rings. The summed E-state index contributed by atoms with van der Waals surface area (Å²) in [5.74, 6) is 0.918. The largest absolute Gasteiger partial charge is 0.351 e. The summed E-state index contributed by atoms with van der Waals surface area (Å²) in [6.07, 6.45) is 7.91. The van der Waals surface area contributed by atoms with Crippen molar-refractivity contribution in [2.45, 2.75) is 29.2 Å². The quantitative estimate of drug-likeness (QED) is 0.799. The van der Waals surface area contributed by atoms with Crippen LogP contribution in [0.5, 0.6) is 0 Å². The van der Waals surface area contributed by atoms with Crippen LogP contribution in [0.4, 0.5) is 0 Å². The SMILES string of the molecule is CN1C(NC(=O)C2(c3ccccc3)CC2)=CC=CC1c1ccc(S)cc1. The lowest BCUT2D eigenvalue weighted by Gasteiger charge is -2.33. The predicted octanol–water partition coefficient (Wildman–Crippen LogP) is 4.21. The van der Waals surface area contributed by atoms with Crippen molar-refractivity contribution in [2.24, 2.45) is 0 Å². The zero-order chi connectivity index (χ0) is 18.1. The third kappa shape index (κ3) is 3.06. The van der Waals surface area contributed by atoms with Crippen molar-refractivity contribution in [3.8, 4) is 0 Å². The van der Waals surface area contributed by atoms with Crippen molar-refractivity contribution < 1.29 is 4.79 Å². The van der Waals surface area contributed by atoms with Gasteiger partial charge in [0.05, 0.1) is 11.5 Å². The summed E-state index contributed by atoms with van der Waals surface area (Å²) in [6, 6.07) is 18.3. The van der Waals surface area contributed by atoms with E-state index in [2.05, 4.69) is 41.1 Å². The Morgan fingerprint density at radius 2 is 1.81 bits per heavy atom. The smallest absolute Gasteiger partial charge is 0.236 e. The van der Waals surface area contributed by atoms with Gasteiger partial charge in [0.1, 0.15) is 5.82 Å². The van der Waals surface area contributed by atoms with Gasteiger partial charge in [-0.25, -0.2) is 0 Å². The van der Waals surface area contributed by atoms with E-state index in [9.17, 15) is 4.79 Å². The van der Waals surface area contributed by atoms with Gasteiger partial charge in [-0.15, -0.1) is 12.6 Å². The van der Waals surface area contributed by atoms with Crippen molar-refractivity contribution in [3.05, 3.63) is 89.8 Å². The van der Waals surface area contributed by atoms with E-state index in [0.29, 0.717) is 0 Å². The lowest BCUT2D eigenvalue weighted by molar-refractivity contribution is -0.123. The van der Waals surface area contributed by atoms with Gasteiger partial charge in [0.2, 0.25) is 5.91 Å². The number of rotatable bonds is 4. The number of hydrogen-bond donors (Lipinski definition) is 2. The van der Waals surface area contributed by atoms with Gasteiger partial charge in [-0.05, 0) is 42.2 Å². The van der Waals surface area contributed by atoms with Crippen molar-refractivity contribution in [3.63, 3.8) is 0 Å². The van der Waals surface area contributed by atoms with Gasteiger partial charge >= 0.3 is 0 Å². The molecule has 1 aliphatic carbocycles. The highest BCUT2D eigenvalue weighted by atomic mass is 32.1. The number of allylic oxidation sites excluding steroid dienone is 2. The van der Waals surface area contributed by atoms with Crippen LogP contribution >= 0.6 is 12.6 Å². The third-order valence-corrected chi connectivity index (χ3v) is 5.63. The van der Waals surface area contributed by atoms with E-state index in [0.717, 1.165) is 29.1 Å². The van der Waals surface area contributed by atoms with Crippen molar-refractivity contribution in [1.82, 2.24) is 10.2 Å². The topological polar surface area (TPSA) is 32.3 Å². The Bertz CT molecular complexity index is 867. The first-order chi connectivity index (χ1) is 12.6. The summed E-state index contributed by atoms with van der Waals surface area (Å²) < 4.78 is 0. The summed E-state index contributed by atoms with van der Waals surface area (Å²) in [6.45, 7) is 0. The summed E-state index contributed by atoms with van der Waals surface area (Å²) in [5.41, 5.74) is 1.91. The molecule has 2 aromatic carbocycles. The minimum Gasteiger partial charge on any atom is -0.351 e. The summed E-state index contributed by atoms with van der Waals surface area (Å²) in [5, 5.41) is 3.16. The summed E-state index contributed by atoms with van der Waals surface area (Å²) in [4.78, 5) is 16.1. The molecule has 1 saturated carbocycles. The Morgan fingerprint density at radius 1 is 1.12 bits per heavy atom. The number of hydrogen-bond acceptors (Lipinski definition) is 3. The first-order valence-corrected chi connectivity index (χ1v) is 9.32. The molecular weight excluding hydrogens is 340 g/mol. The number of nitrogens with one attached hydrogen (secondary N) is 1. The van der Waals surface area contributed by atoms with E-state index in [-0.39, 0.29) is 17.4 Å². The highest BCUT2D eigenvalue weighted by Crippen LogP contribution is 2.48. The average molecular weight is 362 g/mol. The second kappa shape index (κ2) is 6.69. The molecule has 1 fully saturated rings. The monoisotopic (exact) mass is 362 g/mol. The van der Waals surface area contributed by atoms with E-state index in [1.807, 2.05) is 61.7 Å². The second-order valence-electron chi connectivity index (χ2n) is 6.99. The number of nitrogens with zero attached hydrogens (tertiary/aromatic N) is 1.